The third-order valence-electron chi connectivity index (χ3n) is 3.97. The molecule has 1 aromatic rings. The molecule has 1 aliphatic heterocycles. The van der Waals surface area contributed by atoms with Gasteiger partial charge in [0.15, 0.2) is 0 Å². The molecule has 2 rings (SSSR count). The molecule has 0 amide bonds. The van der Waals surface area contributed by atoms with E-state index in [1.807, 2.05) is 6.07 Å². The minimum atomic E-state index is -0.421. The van der Waals surface area contributed by atoms with Gasteiger partial charge in [-0.25, -0.2) is 0 Å². The van der Waals surface area contributed by atoms with Crippen molar-refractivity contribution in [3.05, 3.63) is 28.2 Å². The molecule has 0 bridgehead atoms. The second-order valence-corrected chi connectivity index (χ2v) is 6.47. The van der Waals surface area contributed by atoms with Gasteiger partial charge in [0, 0.05) is 23.2 Å². The van der Waals surface area contributed by atoms with Gasteiger partial charge < -0.3 is 10.0 Å². The minimum absolute atomic E-state index is 0.421. The first kappa shape index (κ1) is 13.9. The average molecular weight is 312 g/mol. The summed E-state index contributed by atoms with van der Waals surface area (Å²) < 4.78 is 1.00. The standard InChI is InChI=1S/C15H22BrNO/c1-10(2)12-6-7-17(9-12)13-4-5-14(11(3)18)15(16)8-13/h4-5,8,10-12,18H,6-7,9H2,1-3H3/t11-,12?/m0/s1. The first-order chi connectivity index (χ1) is 8.49. The topological polar surface area (TPSA) is 23.5 Å². The molecule has 1 aromatic carbocycles. The minimum Gasteiger partial charge on any atom is -0.389 e. The van der Waals surface area contributed by atoms with Crippen LogP contribution in [0.4, 0.5) is 5.69 Å². The molecule has 1 fully saturated rings. The van der Waals surface area contributed by atoms with Crippen molar-refractivity contribution in [2.45, 2.75) is 33.3 Å². The zero-order chi connectivity index (χ0) is 13.3. The van der Waals surface area contributed by atoms with Crippen LogP contribution < -0.4 is 4.90 Å². The second kappa shape index (κ2) is 5.62. The van der Waals surface area contributed by atoms with E-state index in [4.69, 9.17) is 0 Å². The first-order valence-electron chi connectivity index (χ1n) is 6.71. The molecule has 1 unspecified atom stereocenters. The normalized spacial score (nSPS) is 21.7. The Balaban J connectivity index is 2.13. The van der Waals surface area contributed by atoms with E-state index in [0.29, 0.717) is 0 Å². The van der Waals surface area contributed by atoms with Gasteiger partial charge >= 0.3 is 0 Å². The van der Waals surface area contributed by atoms with Crippen molar-refractivity contribution >= 4 is 21.6 Å². The smallest absolute Gasteiger partial charge is 0.0772 e. The summed E-state index contributed by atoms with van der Waals surface area (Å²) in [5, 5.41) is 9.63. The van der Waals surface area contributed by atoms with Crippen LogP contribution in [0.15, 0.2) is 22.7 Å². The molecule has 0 saturated carbocycles. The number of anilines is 1. The third kappa shape index (κ3) is 2.89. The van der Waals surface area contributed by atoms with Crippen molar-refractivity contribution in [1.82, 2.24) is 0 Å². The Morgan fingerprint density at radius 3 is 2.56 bits per heavy atom. The van der Waals surface area contributed by atoms with Gasteiger partial charge in [-0.05, 0) is 42.9 Å². The molecule has 18 heavy (non-hydrogen) atoms. The molecule has 2 nitrogen and oxygen atoms in total. The van der Waals surface area contributed by atoms with E-state index in [1.54, 1.807) is 6.92 Å². The number of hydrogen-bond donors (Lipinski definition) is 1. The Morgan fingerprint density at radius 1 is 1.33 bits per heavy atom. The Bertz CT molecular complexity index is 417. The molecule has 0 spiro atoms. The highest BCUT2D eigenvalue weighted by Crippen LogP contribution is 2.32. The van der Waals surface area contributed by atoms with Crippen LogP contribution in [0.5, 0.6) is 0 Å². The van der Waals surface area contributed by atoms with Crippen LogP contribution in [0.2, 0.25) is 0 Å². The summed E-state index contributed by atoms with van der Waals surface area (Å²) in [6.45, 7) is 8.70. The fourth-order valence-corrected chi connectivity index (χ4v) is 3.32. The number of halogens is 1. The summed E-state index contributed by atoms with van der Waals surface area (Å²) >= 11 is 3.55. The molecule has 2 atom stereocenters. The van der Waals surface area contributed by atoms with Crippen LogP contribution in [0.1, 0.15) is 38.9 Å². The van der Waals surface area contributed by atoms with Crippen LogP contribution >= 0.6 is 15.9 Å². The molecule has 1 heterocycles. The molecule has 0 aromatic heterocycles. The van der Waals surface area contributed by atoms with Crippen molar-refractivity contribution in [2.75, 3.05) is 18.0 Å². The highest BCUT2D eigenvalue weighted by Gasteiger charge is 2.25. The Morgan fingerprint density at radius 2 is 2.06 bits per heavy atom. The van der Waals surface area contributed by atoms with Crippen LogP contribution in [-0.4, -0.2) is 18.2 Å². The monoisotopic (exact) mass is 311 g/mol. The largest absolute Gasteiger partial charge is 0.389 e. The first-order valence-corrected chi connectivity index (χ1v) is 7.50. The Kier molecular flexibility index (Phi) is 4.33. The predicted molar refractivity (Wildman–Crippen MR) is 79.9 cm³/mol. The Labute approximate surface area is 118 Å². The van der Waals surface area contributed by atoms with Crippen molar-refractivity contribution in [1.29, 1.82) is 0 Å². The van der Waals surface area contributed by atoms with Gasteiger partial charge in [-0.15, -0.1) is 0 Å². The van der Waals surface area contributed by atoms with Gasteiger partial charge in [0.2, 0.25) is 0 Å². The summed E-state index contributed by atoms with van der Waals surface area (Å²) in [6.07, 6.45) is 0.864. The number of aliphatic hydroxyl groups excluding tert-OH is 1. The van der Waals surface area contributed by atoms with Crippen LogP contribution in [0.3, 0.4) is 0 Å². The molecule has 0 aliphatic carbocycles. The number of rotatable bonds is 3. The van der Waals surface area contributed by atoms with E-state index in [0.717, 1.165) is 35.0 Å². The second-order valence-electron chi connectivity index (χ2n) is 5.62. The van der Waals surface area contributed by atoms with Gasteiger partial charge in [-0.2, -0.15) is 0 Å². The lowest BCUT2D eigenvalue weighted by molar-refractivity contribution is 0.198. The molecule has 0 radical (unpaired) electrons. The molecule has 100 valence electrons. The SMILES string of the molecule is CC(C)C1CCN(c2ccc([C@H](C)O)c(Br)c2)C1. The van der Waals surface area contributed by atoms with Crippen LogP contribution in [0, 0.1) is 11.8 Å². The van der Waals surface area contributed by atoms with Crippen molar-refractivity contribution < 1.29 is 5.11 Å². The van der Waals surface area contributed by atoms with Crippen molar-refractivity contribution in [2.24, 2.45) is 11.8 Å². The fourth-order valence-electron chi connectivity index (χ4n) is 2.62. The highest BCUT2D eigenvalue weighted by molar-refractivity contribution is 9.10. The summed E-state index contributed by atoms with van der Waals surface area (Å²) in [7, 11) is 0. The number of hydrogen-bond acceptors (Lipinski definition) is 2. The summed E-state index contributed by atoms with van der Waals surface area (Å²) in [5.74, 6) is 1.57. The van der Waals surface area contributed by atoms with Gasteiger partial charge in [-0.1, -0.05) is 35.8 Å². The van der Waals surface area contributed by atoms with Crippen molar-refractivity contribution in [3.63, 3.8) is 0 Å². The van der Waals surface area contributed by atoms with E-state index in [1.165, 1.54) is 12.1 Å². The van der Waals surface area contributed by atoms with Crippen LogP contribution in [0.25, 0.3) is 0 Å². The Hall–Kier alpha value is -0.540. The highest BCUT2D eigenvalue weighted by atomic mass is 79.9. The number of nitrogens with zero attached hydrogens (tertiary/aromatic N) is 1. The summed E-state index contributed by atoms with van der Waals surface area (Å²) in [6, 6.07) is 6.27. The summed E-state index contributed by atoms with van der Waals surface area (Å²) in [5.41, 5.74) is 2.22. The summed E-state index contributed by atoms with van der Waals surface area (Å²) in [4.78, 5) is 2.45. The van der Waals surface area contributed by atoms with Gasteiger partial charge in [-0.3, -0.25) is 0 Å². The maximum absolute atomic E-state index is 9.63. The fraction of sp³-hybridized carbons (Fsp3) is 0.600. The van der Waals surface area contributed by atoms with Gasteiger partial charge in [0.05, 0.1) is 6.10 Å². The average Bonchev–Trinajstić information content (AvgIpc) is 2.77. The molecule has 3 heteroatoms. The van der Waals surface area contributed by atoms with Crippen molar-refractivity contribution in [3.8, 4) is 0 Å². The quantitative estimate of drug-likeness (QED) is 0.912. The predicted octanol–water partition coefficient (Wildman–Crippen LogP) is 3.98. The molecule has 1 N–H and O–H groups in total. The van der Waals surface area contributed by atoms with E-state index in [2.05, 4.69) is 46.8 Å². The molecular formula is C15H22BrNO. The van der Waals surface area contributed by atoms with Gasteiger partial charge in [0.1, 0.15) is 0 Å². The molecular weight excluding hydrogens is 290 g/mol. The third-order valence-corrected chi connectivity index (χ3v) is 4.65. The lowest BCUT2D eigenvalue weighted by Crippen LogP contribution is -2.21. The lowest BCUT2D eigenvalue weighted by Gasteiger charge is -2.21. The number of aliphatic hydroxyl groups is 1. The van der Waals surface area contributed by atoms with Gasteiger partial charge in [0.25, 0.3) is 0 Å². The van der Waals surface area contributed by atoms with E-state index < -0.39 is 6.10 Å². The lowest BCUT2D eigenvalue weighted by atomic mass is 9.95. The number of benzene rings is 1. The maximum Gasteiger partial charge on any atom is 0.0772 e. The van der Waals surface area contributed by atoms with E-state index in [-0.39, 0.29) is 0 Å². The van der Waals surface area contributed by atoms with Crippen LogP contribution in [-0.2, 0) is 0 Å². The molecule has 1 aliphatic rings. The zero-order valence-electron chi connectivity index (χ0n) is 11.4. The van der Waals surface area contributed by atoms with E-state index >= 15 is 0 Å². The maximum atomic E-state index is 9.63. The zero-order valence-corrected chi connectivity index (χ0v) is 12.9. The van der Waals surface area contributed by atoms with E-state index in [9.17, 15) is 5.11 Å². The molecule has 1 saturated heterocycles.